The van der Waals surface area contributed by atoms with E-state index in [2.05, 4.69) is 15.6 Å². The molecule has 2 amide bonds. The second-order valence-corrected chi connectivity index (χ2v) is 5.76. The summed E-state index contributed by atoms with van der Waals surface area (Å²) in [5.41, 5.74) is 0.346. The highest BCUT2D eigenvalue weighted by atomic mass is 19.4. The van der Waals surface area contributed by atoms with Crippen molar-refractivity contribution < 1.29 is 22.8 Å². The topological polar surface area (TPSA) is 71.1 Å². The Morgan fingerprint density at radius 2 is 1.59 bits per heavy atom. The minimum atomic E-state index is -4.51. The van der Waals surface area contributed by atoms with Gasteiger partial charge >= 0.3 is 6.18 Å². The second-order valence-electron chi connectivity index (χ2n) is 5.76. The molecule has 0 spiro atoms. The highest BCUT2D eigenvalue weighted by Gasteiger charge is 2.30. The van der Waals surface area contributed by atoms with Crippen molar-refractivity contribution in [3.05, 3.63) is 66.4 Å². The van der Waals surface area contributed by atoms with E-state index in [1.54, 1.807) is 30.5 Å². The summed E-state index contributed by atoms with van der Waals surface area (Å²) in [6.07, 6.45) is -3.39. The molecule has 3 rings (SSSR count). The zero-order chi connectivity index (χ0) is 19.4. The normalized spacial score (nSPS) is 11.2. The Morgan fingerprint density at radius 3 is 2.30 bits per heavy atom. The largest absolute Gasteiger partial charge is 0.416 e. The van der Waals surface area contributed by atoms with Crippen molar-refractivity contribution in [2.75, 3.05) is 10.6 Å². The summed E-state index contributed by atoms with van der Waals surface area (Å²) in [4.78, 5) is 28.1. The van der Waals surface area contributed by atoms with Crippen LogP contribution in [0.5, 0.6) is 0 Å². The number of nitrogens with zero attached hydrogens (tertiary/aromatic N) is 1. The number of carbonyl (C=O) groups excluding carboxylic acids is 2. The first-order chi connectivity index (χ1) is 12.8. The van der Waals surface area contributed by atoms with Crippen molar-refractivity contribution in [2.45, 2.75) is 12.6 Å². The van der Waals surface area contributed by atoms with Crippen LogP contribution in [0.3, 0.4) is 0 Å². The van der Waals surface area contributed by atoms with Gasteiger partial charge in [-0.2, -0.15) is 13.2 Å². The molecule has 0 aliphatic rings. The van der Waals surface area contributed by atoms with Crippen molar-refractivity contribution in [1.82, 2.24) is 4.98 Å². The predicted molar refractivity (Wildman–Crippen MR) is 95.1 cm³/mol. The highest BCUT2D eigenvalue weighted by molar-refractivity contribution is 6.08. The average molecular weight is 373 g/mol. The summed E-state index contributed by atoms with van der Waals surface area (Å²) in [5.74, 6) is -1.29. The molecular weight excluding hydrogens is 359 g/mol. The Kier molecular flexibility index (Phi) is 5.07. The van der Waals surface area contributed by atoms with Gasteiger partial charge < -0.3 is 10.6 Å². The fourth-order valence-corrected chi connectivity index (χ4v) is 2.48. The van der Waals surface area contributed by atoms with Gasteiger partial charge in [-0.1, -0.05) is 12.1 Å². The number of alkyl halides is 3. The number of pyridine rings is 1. The van der Waals surface area contributed by atoms with Crippen molar-refractivity contribution in [2.24, 2.45) is 0 Å². The van der Waals surface area contributed by atoms with E-state index >= 15 is 0 Å². The molecule has 2 N–H and O–H groups in total. The number of halogens is 3. The number of hydrogen-bond acceptors (Lipinski definition) is 3. The zero-order valence-corrected chi connectivity index (χ0v) is 13.9. The second kappa shape index (κ2) is 7.45. The molecule has 8 heteroatoms. The molecule has 2 aromatic carbocycles. The Labute approximate surface area is 152 Å². The van der Waals surface area contributed by atoms with Gasteiger partial charge in [0, 0.05) is 23.0 Å². The molecule has 0 fully saturated rings. The summed E-state index contributed by atoms with van der Waals surface area (Å²) >= 11 is 0. The van der Waals surface area contributed by atoms with Crippen LogP contribution in [0.25, 0.3) is 10.9 Å². The van der Waals surface area contributed by atoms with E-state index in [9.17, 15) is 22.8 Å². The smallest absolute Gasteiger partial charge is 0.326 e. The van der Waals surface area contributed by atoms with Crippen LogP contribution in [-0.4, -0.2) is 16.8 Å². The number of nitrogens with one attached hydrogen (secondary N) is 2. The van der Waals surface area contributed by atoms with Gasteiger partial charge in [-0.3, -0.25) is 14.6 Å². The molecule has 0 radical (unpaired) electrons. The summed E-state index contributed by atoms with van der Waals surface area (Å²) in [6, 6.07) is 12.9. The highest BCUT2D eigenvalue weighted by Crippen LogP contribution is 2.30. The van der Waals surface area contributed by atoms with E-state index in [-0.39, 0.29) is 5.69 Å². The molecule has 0 saturated heterocycles. The molecule has 1 aromatic heterocycles. The van der Waals surface area contributed by atoms with Gasteiger partial charge in [0.15, 0.2) is 0 Å². The molecular formula is C19H14F3N3O2. The van der Waals surface area contributed by atoms with Crippen LogP contribution in [0.1, 0.15) is 12.0 Å². The molecule has 1 heterocycles. The Bertz CT molecular complexity index is 1000. The number of anilines is 2. The number of benzene rings is 2. The zero-order valence-electron chi connectivity index (χ0n) is 13.9. The number of rotatable bonds is 4. The Morgan fingerprint density at radius 1 is 0.889 bits per heavy atom. The lowest BCUT2D eigenvalue weighted by atomic mass is 10.2. The first-order valence-electron chi connectivity index (χ1n) is 7.93. The molecule has 0 aliphatic heterocycles. The monoisotopic (exact) mass is 373 g/mol. The number of amides is 2. The summed E-state index contributed by atoms with van der Waals surface area (Å²) in [5, 5.41) is 5.69. The van der Waals surface area contributed by atoms with Crippen molar-refractivity contribution >= 4 is 34.1 Å². The van der Waals surface area contributed by atoms with Crippen molar-refractivity contribution in [3.8, 4) is 0 Å². The molecule has 0 unspecified atom stereocenters. The molecule has 27 heavy (non-hydrogen) atoms. The number of hydrogen-bond donors (Lipinski definition) is 2. The van der Waals surface area contributed by atoms with Crippen LogP contribution >= 0.6 is 0 Å². The van der Waals surface area contributed by atoms with Gasteiger partial charge in [0.05, 0.1) is 11.1 Å². The van der Waals surface area contributed by atoms with Gasteiger partial charge in [-0.15, -0.1) is 0 Å². The third kappa shape index (κ3) is 4.81. The van der Waals surface area contributed by atoms with Gasteiger partial charge in [0.25, 0.3) is 0 Å². The van der Waals surface area contributed by atoms with Gasteiger partial charge in [-0.25, -0.2) is 0 Å². The summed E-state index contributed by atoms with van der Waals surface area (Å²) in [7, 11) is 0. The lowest BCUT2D eigenvalue weighted by Crippen LogP contribution is -2.21. The Hall–Kier alpha value is -3.42. The quantitative estimate of drug-likeness (QED) is 0.673. The minimum absolute atomic E-state index is 0.0283. The van der Waals surface area contributed by atoms with Crippen LogP contribution in [-0.2, 0) is 15.8 Å². The van der Waals surface area contributed by atoms with E-state index in [1.807, 2.05) is 6.07 Å². The molecule has 5 nitrogen and oxygen atoms in total. The molecule has 138 valence electrons. The SMILES string of the molecule is O=C(CC(=O)Nc1ccc2ncccc2c1)Nc1cccc(C(F)(F)F)c1. The van der Waals surface area contributed by atoms with Crippen LogP contribution < -0.4 is 10.6 Å². The van der Waals surface area contributed by atoms with E-state index in [0.717, 1.165) is 23.0 Å². The fourth-order valence-electron chi connectivity index (χ4n) is 2.48. The fraction of sp³-hybridized carbons (Fsp3) is 0.105. The molecule has 0 atom stereocenters. The van der Waals surface area contributed by atoms with Crippen LogP contribution in [0, 0.1) is 0 Å². The van der Waals surface area contributed by atoms with Gasteiger partial charge in [-0.05, 0) is 42.5 Å². The van der Waals surface area contributed by atoms with Gasteiger partial charge in [0.1, 0.15) is 6.42 Å². The third-order valence-corrected chi connectivity index (χ3v) is 3.68. The van der Waals surface area contributed by atoms with Crippen LogP contribution in [0.15, 0.2) is 60.8 Å². The van der Waals surface area contributed by atoms with Crippen LogP contribution in [0.4, 0.5) is 24.5 Å². The summed E-state index contributed by atoms with van der Waals surface area (Å²) in [6.45, 7) is 0. The number of fused-ring (bicyclic) bond motifs is 1. The van der Waals surface area contributed by atoms with E-state index in [1.165, 1.54) is 12.1 Å². The molecule has 0 saturated carbocycles. The predicted octanol–water partition coefficient (Wildman–Crippen LogP) is 4.22. The van der Waals surface area contributed by atoms with Crippen LogP contribution in [0.2, 0.25) is 0 Å². The average Bonchev–Trinajstić information content (AvgIpc) is 2.61. The molecule has 0 aliphatic carbocycles. The van der Waals surface area contributed by atoms with E-state index in [0.29, 0.717) is 5.69 Å². The maximum absolute atomic E-state index is 12.7. The summed E-state index contributed by atoms with van der Waals surface area (Å²) < 4.78 is 38.1. The van der Waals surface area contributed by atoms with Crippen molar-refractivity contribution in [3.63, 3.8) is 0 Å². The van der Waals surface area contributed by atoms with Gasteiger partial charge in [0.2, 0.25) is 11.8 Å². The third-order valence-electron chi connectivity index (χ3n) is 3.68. The maximum Gasteiger partial charge on any atom is 0.416 e. The first-order valence-corrected chi connectivity index (χ1v) is 7.93. The van der Waals surface area contributed by atoms with Crippen molar-refractivity contribution in [1.29, 1.82) is 0 Å². The number of carbonyl (C=O) groups is 2. The molecule has 0 bridgehead atoms. The maximum atomic E-state index is 12.7. The lowest BCUT2D eigenvalue weighted by Gasteiger charge is -2.10. The minimum Gasteiger partial charge on any atom is -0.326 e. The van der Waals surface area contributed by atoms with E-state index in [4.69, 9.17) is 0 Å². The first kappa shape index (κ1) is 18.4. The Balaban J connectivity index is 1.61. The lowest BCUT2D eigenvalue weighted by molar-refractivity contribution is -0.137. The number of aromatic nitrogens is 1. The standard InChI is InChI=1S/C19H14F3N3O2/c20-19(21,22)13-4-1-5-14(10-13)24-17(26)11-18(27)25-15-6-7-16-12(9-15)3-2-8-23-16/h1-10H,11H2,(H,24,26)(H,25,27). The van der Waals surface area contributed by atoms with E-state index < -0.39 is 30.0 Å². The molecule has 3 aromatic rings.